The molecule has 0 saturated heterocycles. The van der Waals surface area contributed by atoms with Crippen LogP contribution < -0.4 is 20.1 Å². The molecule has 132 valence electrons. The molecule has 0 radical (unpaired) electrons. The molecule has 25 heavy (non-hydrogen) atoms. The van der Waals surface area contributed by atoms with E-state index in [9.17, 15) is 18.0 Å². The molecule has 2 amide bonds. The molecule has 0 spiro atoms. The third kappa shape index (κ3) is 3.41. The molecule has 10 heteroatoms. The number of rotatable bonds is 2. The molecular formula is C15H11ClF3N3O3. The predicted molar refractivity (Wildman–Crippen MR) is 82.6 cm³/mol. The second kappa shape index (κ2) is 5.99. The fraction of sp³-hybridized carbons (Fsp3) is 0.200. The maximum atomic E-state index is 13.5. The van der Waals surface area contributed by atoms with Gasteiger partial charge >= 0.3 is 18.1 Å². The van der Waals surface area contributed by atoms with E-state index in [2.05, 4.69) is 10.3 Å². The number of carbonyl (C=O) groups excluding carboxylic acids is 1. The van der Waals surface area contributed by atoms with E-state index in [1.54, 1.807) is 24.4 Å². The van der Waals surface area contributed by atoms with Gasteiger partial charge in [0, 0.05) is 16.8 Å². The third-order valence-electron chi connectivity index (χ3n) is 3.19. The minimum absolute atomic E-state index is 0.0772. The first-order chi connectivity index (χ1) is 11.7. The number of anilines is 1. The van der Waals surface area contributed by atoms with Crippen LogP contribution in [0.2, 0.25) is 5.02 Å². The Labute approximate surface area is 144 Å². The topological polar surface area (TPSA) is 72.5 Å². The number of hydrogen-bond donors (Lipinski definition) is 2. The average molecular weight is 374 g/mol. The van der Waals surface area contributed by atoms with E-state index in [-0.39, 0.29) is 22.3 Å². The van der Waals surface area contributed by atoms with Crippen LogP contribution in [0.15, 0.2) is 36.4 Å². The molecule has 2 N–H and O–H groups in total. The number of carbonyl (C=O) groups is 1. The predicted octanol–water partition coefficient (Wildman–Crippen LogP) is 3.85. The number of nitrogens with one attached hydrogen (secondary N) is 2. The zero-order chi connectivity index (χ0) is 18.2. The number of pyridine rings is 1. The van der Waals surface area contributed by atoms with E-state index in [4.69, 9.17) is 21.1 Å². The van der Waals surface area contributed by atoms with Gasteiger partial charge in [0.1, 0.15) is 5.82 Å². The normalized spacial score (nSPS) is 18.8. The molecule has 1 aliphatic rings. The molecule has 0 saturated carbocycles. The number of ether oxygens (including phenoxy) is 2. The van der Waals surface area contributed by atoms with Crippen molar-refractivity contribution in [1.29, 1.82) is 0 Å². The van der Waals surface area contributed by atoms with Crippen LogP contribution in [0.5, 0.6) is 11.5 Å². The Morgan fingerprint density at radius 2 is 1.92 bits per heavy atom. The summed E-state index contributed by atoms with van der Waals surface area (Å²) in [7, 11) is 0. The first-order valence-electron chi connectivity index (χ1n) is 6.96. The summed E-state index contributed by atoms with van der Waals surface area (Å²) in [6.07, 6.45) is -5.06. The van der Waals surface area contributed by atoms with E-state index < -0.39 is 18.1 Å². The molecule has 6 nitrogen and oxygen atoms in total. The first kappa shape index (κ1) is 17.2. The molecular weight excluding hydrogens is 363 g/mol. The Hall–Kier alpha value is -2.68. The molecule has 1 aliphatic heterocycles. The molecule has 2 heterocycles. The first-order valence-corrected chi connectivity index (χ1v) is 7.33. The largest absolute Gasteiger partial charge is 0.492 e. The van der Waals surface area contributed by atoms with Crippen molar-refractivity contribution >= 4 is 23.4 Å². The summed E-state index contributed by atoms with van der Waals surface area (Å²) in [6, 6.07) is 7.21. The molecule has 0 bridgehead atoms. The number of fused-ring (bicyclic) bond motifs is 1. The monoisotopic (exact) mass is 373 g/mol. The van der Waals surface area contributed by atoms with E-state index in [0.29, 0.717) is 5.69 Å². The van der Waals surface area contributed by atoms with Gasteiger partial charge in [0.25, 0.3) is 0 Å². The lowest BCUT2D eigenvalue weighted by molar-refractivity contribution is -0.317. The standard InChI is InChI=1S/C15H11ClF3N3O3/c1-8-3-2-4-12(20-8)21-13(23)22-15(14(17,18)19)24-10-6-5-9(16)7-11(10)25-15/h2-7H,1H3,(H2,20,21,22,23). The van der Waals surface area contributed by atoms with Crippen LogP contribution in [0.25, 0.3) is 0 Å². The van der Waals surface area contributed by atoms with E-state index in [1.165, 1.54) is 18.2 Å². The number of alkyl halides is 3. The summed E-state index contributed by atoms with van der Waals surface area (Å²) in [4.78, 5) is 16.0. The summed E-state index contributed by atoms with van der Waals surface area (Å²) < 4.78 is 50.2. The number of halogens is 4. The van der Waals surface area contributed by atoms with Crippen molar-refractivity contribution in [3.8, 4) is 11.5 Å². The SMILES string of the molecule is Cc1cccc(NC(=O)NC2(C(F)(F)F)Oc3ccc(Cl)cc3O2)n1. The van der Waals surface area contributed by atoms with Crippen LogP contribution in [0.3, 0.4) is 0 Å². The van der Waals surface area contributed by atoms with Gasteiger partial charge in [-0.15, -0.1) is 0 Å². The Bertz CT molecular complexity index is 831. The van der Waals surface area contributed by atoms with Crippen molar-refractivity contribution < 1.29 is 27.4 Å². The molecule has 1 unspecified atom stereocenters. The van der Waals surface area contributed by atoms with Gasteiger partial charge in [-0.25, -0.2) is 9.78 Å². The van der Waals surface area contributed by atoms with E-state index in [0.717, 1.165) is 6.07 Å². The summed E-state index contributed by atoms with van der Waals surface area (Å²) in [5.41, 5.74) is 0.582. The number of benzene rings is 1. The Morgan fingerprint density at radius 3 is 2.60 bits per heavy atom. The zero-order valence-electron chi connectivity index (χ0n) is 12.6. The quantitative estimate of drug-likeness (QED) is 0.838. The third-order valence-corrected chi connectivity index (χ3v) is 3.43. The molecule has 1 atom stereocenters. The summed E-state index contributed by atoms with van der Waals surface area (Å²) in [5.74, 6) is -3.73. The fourth-order valence-corrected chi connectivity index (χ4v) is 2.29. The maximum absolute atomic E-state index is 13.5. The highest BCUT2D eigenvalue weighted by Crippen LogP contribution is 2.46. The second-order valence-electron chi connectivity index (χ2n) is 5.15. The molecule has 2 aromatic rings. The molecule has 3 rings (SSSR count). The molecule has 1 aromatic heterocycles. The number of aromatic nitrogens is 1. The lowest BCUT2D eigenvalue weighted by Gasteiger charge is -2.29. The Balaban J connectivity index is 1.82. The molecule has 0 fully saturated rings. The number of amides is 2. The van der Waals surface area contributed by atoms with Crippen molar-refractivity contribution in [2.24, 2.45) is 0 Å². The van der Waals surface area contributed by atoms with Crippen molar-refractivity contribution in [3.05, 3.63) is 47.1 Å². The highest BCUT2D eigenvalue weighted by Gasteiger charge is 2.65. The van der Waals surface area contributed by atoms with Crippen LogP contribution in [-0.2, 0) is 0 Å². The van der Waals surface area contributed by atoms with E-state index >= 15 is 0 Å². The molecule has 1 aromatic carbocycles. The fourth-order valence-electron chi connectivity index (χ4n) is 2.12. The lowest BCUT2D eigenvalue weighted by Crippen LogP contribution is -2.65. The summed E-state index contributed by atoms with van der Waals surface area (Å²) >= 11 is 5.73. The maximum Gasteiger partial charge on any atom is 0.492 e. The lowest BCUT2D eigenvalue weighted by atomic mass is 10.3. The van der Waals surface area contributed by atoms with Gasteiger partial charge in [0.2, 0.25) is 0 Å². The summed E-state index contributed by atoms with van der Waals surface area (Å²) in [5, 5.41) is 4.02. The summed E-state index contributed by atoms with van der Waals surface area (Å²) in [6.45, 7) is 1.67. The van der Waals surface area contributed by atoms with Crippen LogP contribution >= 0.6 is 11.6 Å². The minimum Gasteiger partial charge on any atom is -0.424 e. The highest BCUT2D eigenvalue weighted by molar-refractivity contribution is 6.30. The zero-order valence-corrected chi connectivity index (χ0v) is 13.4. The number of hydrogen-bond acceptors (Lipinski definition) is 4. The van der Waals surface area contributed by atoms with Crippen LogP contribution in [-0.4, -0.2) is 23.1 Å². The molecule has 0 aliphatic carbocycles. The van der Waals surface area contributed by atoms with Gasteiger partial charge in [0.15, 0.2) is 11.5 Å². The van der Waals surface area contributed by atoms with Crippen LogP contribution in [0.4, 0.5) is 23.8 Å². The van der Waals surface area contributed by atoms with E-state index in [1.807, 2.05) is 0 Å². The smallest absolute Gasteiger partial charge is 0.424 e. The van der Waals surface area contributed by atoms with Gasteiger partial charge in [-0.3, -0.25) is 10.6 Å². The van der Waals surface area contributed by atoms with Crippen molar-refractivity contribution in [3.63, 3.8) is 0 Å². The van der Waals surface area contributed by atoms with Gasteiger partial charge in [-0.05, 0) is 31.2 Å². The number of urea groups is 1. The van der Waals surface area contributed by atoms with Crippen molar-refractivity contribution in [2.45, 2.75) is 19.0 Å². The van der Waals surface area contributed by atoms with Gasteiger partial charge in [0.05, 0.1) is 0 Å². The Kier molecular flexibility index (Phi) is 4.11. The van der Waals surface area contributed by atoms with Crippen LogP contribution in [0.1, 0.15) is 5.69 Å². The number of nitrogens with zero attached hydrogens (tertiary/aromatic N) is 1. The second-order valence-corrected chi connectivity index (χ2v) is 5.59. The van der Waals surface area contributed by atoms with Crippen molar-refractivity contribution in [2.75, 3.05) is 5.32 Å². The van der Waals surface area contributed by atoms with Crippen LogP contribution in [0, 0.1) is 6.92 Å². The van der Waals surface area contributed by atoms with Gasteiger partial charge in [-0.2, -0.15) is 13.2 Å². The minimum atomic E-state index is -5.06. The number of aryl methyl sites for hydroxylation is 1. The van der Waals surface area contributed by atoms with Gasteiger partial charge in [-0.1, -0.05) is 17.7 Å². The van der Waals surface area contributed by atoms with Crippen molar-refractivity contribution in [1.82, 2.24) is 10.3 Å². The Morgan fingerprint density at radius 1 is 1.20 bits per heavy atom. The average Bonchev–Trinajstić information content (AvgIpc) is 2.85. The van der Waals surface area contributed by atoms with Gasteiger partial charge < -0.3 is 9.47 Å². The highest BCUT2D eigenvalue weighted by atomic mass is 35.5.